The van der Waals surface area contributed by atoms with Crippen LogP contribution < -0.4 is 25.3 Å². The summed E-state index contributed by atoms with van der Waals surface area (Å²) in [7, 11) is 4.54. The van der Waals surface area contributed by atoms with Crippen LogP contribution in [0.5, 0.6) is 17.2 Å². The molecule has 0 aliphatic rings. The minimum atomic E-state index is -0.210. The van der Waals surface area contributed by atoms with Crippen molar-refractivity contribution < 1.29 is 19.0 Å². The highest BCUT2D eigenvalue weighted by atomic mass is 16.5. The summed E-state index contributed by atoms with van der Waals surface area (Å²) in [6, 6.07) is 3.20. The van der Waals surface area contributed by atoms with Crippen LogP contribution in [0.4, 0.5) is 0 Å². The van der Waals surface area contributed by atoms with Crippen molar-refractivity contribution in [2.45, 2.75) is 25.8 Å². The summed E-state index contributed by atoms with van der Waals surface area (Å²) in [5.41, 5.74) is 6.10. The number of nitrogens with one attached hydrogen (secondary N) is 1. The molecule has 1 aromatic rings. The summed E-state index contributed by atoms with van der Waals surface area (Å²) in [5.74, 6) is 1.14. The highest BCUT2D eigenvalue weighted by Crippen LogP contribution is 2.38. The van der Waals surface area contributed by atoms with Gasteiger partial charge in [0.1, 0.15) is 0 Å². The topological polar surface area (TPSA) is 82.8 Å². The molecule has 0 aromatic heterocycles. The Bertz CT molecular complexity index is 452. The van der Waals surface area contributed by atoms with Crippen LogP contribution in [0.15, 0.2) is 12.1 Å². The van der Waals surface area contributed by atoms with E-state index in [9.17, 15) is 4.79 Å². The van der Waals surface area contributed by atoms with Crippen molar-refractivity contribution in [2.75, 3.05) is 27.9 Å². The van der Waals surface area contributed by atoms with Gasteiger partial charge in [0.15, 0.2) is 11.5 Å². The predicted octanol–water partition coefficient (Wildman–Crippen LogP) is 1.57. The van der Waals surface area contributed by atoms with Gasteiger partial charge in [0.05, 0.1) is 21.3 Å². The smallest absolute Gasteiger partial charge is 0.251 e. The normalized spacial score (nSPS) is 11.7. The molecule has 0 spiro atoms. The zero-order chi connectivity index (χ0) is 15.8. The molecule has 1 rings (SSSR count). The van der Waals surface area contributed by atoms with Crippen LogP contribution in [0.3, 0.4) is 0 Å². The van der Waals surface area contributed by atoms with Gasteiger partial charge < -0.3 is 25.3 Å². The van der Waals surface area contributed by atoms with Gasteiger partial charge >= 0.3 is 0 Å². The molecule has 6 nitrogen and oxygen atoms in total. The van der Waals surface area contributed by atoms with E-state index in [2.05, 4.69) is 5.32 Å². The van der Waals surface area contributed by atoms with Crippen LogP contribution in [0, 0.1) is 0 Å². The van der Waals surface area contributed by atoms with Crippen molar-refractivity contribution in [1.82, 2.24) is 5.32 Å². The second-order valence-electron chi connectivity index (χ2n) is 4.61. The Hall–Kier alpha value is -1.95. The van der Waals surface area contributed by atoms with E-state index in [1.807, 2.05) is 6.92 Å². The molecule has 1 unspecified atom stereocenters. The summed E-state index contributed by atoms with van der Waals surface area (Å²) >= 11 is 0. The summed E-state index contributed by atoms with van der Waals surface area (Å²) in [5, 5.41) is 2.91. The van der Waals surface area contributed by atoms with E-state index in [-0.39, 0.29) is 11.9 Å². The minimum Gasteiger partial charge on any atom is -0.493 e. The second kappa shape index (κ2) is 8.36. The van der Waals surface area contributed by atoms with E-state index in [1.54, 1.807) is 12.1 Å². The number of amides is 1. The summed E-state index contributed by atoms with van der Waals surface area (Å²) in [4.78, 5) is 12.3. The van der Waals surface area contributed by atoms with Crippen molar-refractivity contribution in [3.05, 3.63) is 17.7 Å². The molecule has 0 heterocycles. The molecule has 6 heteroatoms. The minimum absolute atomic E-state index is 0.0402. The molecule has 0 saturated heterocycles. The van der Waals surface area contributed by atoms with Crippen LogP contribution in [-0.4, -0.2) is 39.8 Å². The van der Waals surface area contributed by atoms with Crippen LogP contribution in [0.2, 0.25) is 0 Å². The van der Waals surface area contributed by atoms with Crippen LogP contribution in [0.25, 0.3) is 0 Å². The summed E-state index contributed by atoms with van der Waals surface area (Å²) in [6.07, 6.45) is 1.80. The summed E-state index contributed by atoms with van der Waals surface area (Å²) in [6.45, 7) is 2.46. The number of carbonyl (C=O) groups excluding carboxylic acids is 1. The van der Waals surface area contributed by atoms with Gasteiger partial charge in [-0.05, 0) is 18.6 Å². The molecule has 0 saturated carbocycles. The van der Waals surface area contributed by atoms with Gasteiger partial charge in [-0.2, -0.15) is 0 Å². The molecule has 1 atom stereocenters. The third-order valence-corrected chi connectivity index (χ3v) is 3.18. The first-order chi connectivity index (χ1) is 10.1. The first kappa shape index (κ1) is 17.1. The van der Waals surface area contributed by atoms with Gasteiger partial charge in [0, 0.05) is 18.2 Å². The van der Waals surface area contributed by atoms with Gasteiger partial charge in [-0.3, -0.25) is 4.79 Å². The van der Waals surface area contributed by atoms with E-state index >= 15 is 0 Å². The molecule has 0 bridgehead atoms. The van der Waals surface area contributed by atoms with E-state index in [0.29, 0.717) is 29.4 Å². The zero-order valence-corrected chi connectivity index (χ0v) is 13.1. The third kappa shape index (κ3) is 4.26. The molecule has 21 heavy (non-hydrogen) atoms. The maximum Gasteiger partial charge on any atom is 0.251 e. The van der Waals surface area contributed by atoms with E-state index in [0.717, 1.165) is 12.8 Å². The lowest BCUT2D eigenvalue weighted by molar-refractivity contribution is 0.0935. The number of hydrogen-bond donors (Lipinski definition) is 2. The molecule has 118 valence electrons. The highest BCUT2D eigenvalue weighted by molar-refractivity contribution is 5.95. The third-order valence-electron chi connectivity index (χ3n) is 3.18. The van der Waals surface area contributed by atoms with Gasteiger partial charge in [0.25, 0.3) is 5.91 Å². The quantitative estimate of drug-likeness (QED) is 0.761. The van der Waals surface area contributed by atoms with Crippen molar-refractivity contribution in [2.24, 2.45) is 5.73 Å². The Kier molecular flexibility index (Phi) is 6.81. The highest BCUT2D eigenvalue weighted by Gasteiger charge is 2.18. The number of carbonyl (C=O) groups is 1. The predicted molar refractivity (Wildman–Crippen MR) is 81.3 cm³/mol. The van der Waals surface area contributed by atoms with Crippen LogP contribution in [-0.2, 0) is 0 Å². The number of benzene rings is 1. The lowest BCUT2D eigenvalue weighted by atomic mass is 10.1. The van der Waals surface area contributed by atoms with E-state index in [4.69, 9.17) is 19.9 Å². The monoisotopic (exact) mass is 296 g/mol. The second-order valence-corrected chi connectivity index (χ2v) is 4.61. The van der Waals surface area contributed by atoms with Crippen molar-refractivity contribution in [3.8, 4) is 17.2 Å². The van der Waals surface area contributed by atoms with Gasteiger partial charge in [-0.1, -0.05) is 13.3 Å². The first-order valence-electron chi connectivity index (χ1n) is 6.92. The average Bonchev–Trinajstić information content (AvgIpc) is 2.52. The maximum atomic E-state index is 12.3. The SMILES string of the molecule is CCCC(CN)NC(=O)c1cc(OC)c(OC)c(OC)c1. The summed E-state index contributed by atoms with van der Waals surface area (Å²) < 4.78 is 15.7. The lowest BCUT2D eigenvalue weighted by Gasteiger charge is -2.18. The molecule has 0 aliphatic heterocycles. The molecule has 0 fully saturated rings. The van der Waals surface area contributed by atoms with Gasteiger partial charge in [-0.15, -0.1) is 0 Å². The molecule has 0 radical (unpaired) electrons. The van der Waals surface area contributed by atoms with Crippen molar-refractivity contribution in [1.29, 1.82) is 0 Å². The maximum absolute atomic E-state index is 12.3. The van der Waals surface area contributed by atoms with Crippen LogP contribution >= 0.6 is 0 Å². The fourth-order valence-electron chi connectivity index (χ4n) is 2.08. The Morgan fingerprint density at radius 1 is 1.19 bits per heavy atom. The molecular formula is C15H24N2O4. The average molecular weight is 296 g/mol. The molecule has 1 amide bonds. The molecular weight excluding hydrogens is 272 g/mol. The first-order valence-corrected chi connectivity index (χ1v) is 6.92. The largest absolute Gasteiger partial charge is 0.493 e. The number of methoxy groups -OCH3 is 3. The van der Waals surface area contributed by atoms with Gasteiger partial charge in [0.2, 0.25) is 5.75 Å². The van der Waals surface area contributed by atoms with Crippen LogP contribution in [0.1, 0.15) is 30.1 Å². The van der Waals surface area contributed by atoms with E-state index in [1.165, 1.54) is 21.3 Å². The number of hydrogen-bond acceptors (Lipinski definition) is 5. The van der Waals surface area contributed by atoms with E-state index < -0.39 is 0 Å². The number of ether oxygens (including phenoxy) is 3. The fraction of sp³-hybridized carbons (Fsp3) is 0.533. The number of rotatable bonds is 8. The Balaban J connectivity index is 3.04. The Morgan fingerprint density at radius 2 is 1.76 bits per heavy atom. The zero-order valence-electron chi connectivity index (χ0n) is 13.1. The van der Waals surface area contributed by atoms with Crippen molar-refractivity contribution in [3.63, 3.8) is 0 Å². The lowest BCUT2D eigenvalue weighted by Crippen LogP contribution is -2.40. The van der Waals surface area contributed by atoms with Crippen molar-refractivity contribution >= 4 is 5.91 Å². The molecule has 1 aromatic carbocycles. The Labute approximate surface area is 125 Å². The Morgan fingerprint density at radius 3 is 2.14 bits per heavy atom. The molecule has 3 N–H and O–H groups in total. The van der Waals surface area contributed by atoms with Gasteiger partial charge in [-0.25, -0.2) is 0 Å². The fourth-order valence-corrected chi connectivity index (χ4v) is 2.08. The standard InChI is InChI=1S/C15H24N2O4/c1-5-6-11(9-16)17-15(18)10-7-12(19-2)14(21-4)13(8-10)20-3/h7-8,11H,5-6,9,16H2,1-4H3,(H,17,18). The number of nitrogens with two attached hydrogens (primary N) is 1. The molecule has 0 aliphatic carbocycles.